The number of anilines is 1. The number of ether oxygens (including phenoxy) is 1. The zero-order valence-corrected chi connectivity index (χ0v) is 20.8. The lowest BCUT2D eigenvalue weighted by atomic mass is 10.0. The minimum absolute atomic E-state index is 0.0830. The average Bonchev–Trinajstić information content (AvgIpc) is 2.83. The van der Waals surface area contributed by atoms with Crippen LogP contribution in [0.3, 0.4) is 0 Å². The second kappa shape index (κ2) is 13.1. The highest BCUT2D eigenvalue weighted by Gasteiger charge is 2.17. The number of rotatable bonds is 12. The van der Waals surface area contributed by atoms with Gasteiger partial charge in [-0.25, -0.2) is 4.98 Å². The van der Waals surface area contributed by atoms with Crippen LogP contribution in [0, 0.1) is 0 Å². The topological polar surface area (TPSA) is 90.4 Å². The summed E-state index contributed by atoms with van der Waals surface area (Å²) in [5, 5.41) is 0. The minimum Gasteiger partial charge on any atom is -0.593 e. The molecule has 0 aliphatic rings. The van der Waals surface area contributed by atoms with Crippen LogP contribution in [-0.2, 0) is 20.9 Å². The lowest BCUT2D eigenvalue weighted by molar-refractivity contribution is -0.123. The second-order valence-corrected chi connectivity index (χ2v) is 9.30. The molecule has 0 fully saturated rings. The van der Waals surface area contributed by atoms with Gasteiger partial charge >= 0.3 is 0 Å². The molecule has 2 aromatic carbocycles. The summed E-state index contributed by atoms with van der Waals surface area (Å²) in [6.07, 6.45) is 4.94. The van der Waals surface area contributed by atoms with Crippen molar-refractivity contribution in [2.24, 2.45) is 0 Å². The smallest absolute Gasteiger partial charge is 0.287 e. The van der Waals surface area contributed by atoms with E-state index in [1.54, 1.807) is 0 Å². The Labute approximate surface area is 204 Å². The van der Waals surface area contributed by atoms with Crippen molar-refractivity contribution in [1.82, 2.24) is 14.7 Å². The molecule has 34 heavy (non-hydrogen) atoms. The van der Waals surface area contributed by atoms with Gasteiger partial charge in [0.2, 0.25) is 0 Å². The molecule has 180 valence electrons. The van der Waals surface area contributed by atoms with Gasteiger partial charge in [-0.05, 0) is 26.7 Å². The van der Waals surface area contributed by atoms with E-state index in [9.17, 15) is 9.35 Å². The van der Waals surface area contributed by atoms with Crippen LogP contribution in [0.25, 0.3) is 22.5 Å². The highest BCUT2D eigenvalue weighted by Crippen LogP contribution is 2.30. The number of hydrogen-bond donors (Lipinski definition) is 1. The average molecular weight is 481 g/mol. The Morgan fingerprint density at radius 2 is 1.65 bits per heavy atom. The van der Waals surface area contributed by atoms with E-state index in [1.165, 1.54) is 6.26 Å². The number of amides is 1. The predicted octanol–water partition coefficient (Wildman–Crippen LogP) is 4.23. The molecule has 1 atom stereocenters. The summed E-state index contributed by atoms with van der Waals surface area (Å²) in [4.78, 5) is 23.6. The first-order valence-electron chi connectivity index (χ1n) is 11.4. The first-order chi connectivity index (χ1) is 16.5. The molecule has 7 nitrogen and oxygen atoms in total. The summed E-state index contributed by atoms with van der Waals surface area (Å²) in [5.74, 6) is 0.464. The summed E-state index contributed by atoms with van der Waals surface area (Å²) >= 11 is -1.37. The fourth-order valence-electron chi connectivity index (χ4n) is 3.60. The molecule has 0 saturated carbocycles. The lowest BCUT2D eigenvalue weighted by Gasteiger charge is -2.28. The quantitative estimate of drug-likeness (QED) is 0.308. The molecule has 0 aliphatic carbocycles. The number of carbonyl (C=O) groups excluding carboxylic acids is 1. The van der Waals surface area contributed by atoms with Crippen LogP contribution in [0.15, 0.2) is 66.9 Å². The molecule has 1 unspecified atom stereocenters. The molecule has 1 aromatic heterocycles. The maximum Gasteiger partial charge on any atom is 0.287 e. The van der Waals surface area contributed by atoms with Crippen LogP contribution in [0.4, 0.5) is 5.82 Å². The first-order valence-corrected chi connectivity index (χ1v) is 13.0. The monoisotopic (exact) mass is 480 g/mol. The van der Waals surface area contributed by atoms with Crippen molar-refractivity contribution in [3.63, 3.8) is 0 Å². The molecule has 0 aliphatic heterocycles. The van der Waals surface area contributed by atoms with Crippen molar-refractivity contribution < 1.29 is 14.1 Å². The van der Waals surface area contributed by atoms with E-state index in [2.05, 4.69) is 47.7 Å². The van der Waals surface area contributed by atoms with E-state index < -0.39 is 11.4 Å². The van der Waals surface area contributed by atoms with E-state index in [4.69, 9.17) is 14.7 Å². The molecule has 1 heterocycles. The fraction of sp³-hybridized carbons (Fsp3) is 0.346. The Kier molecular flexibility index (Phi) is 9.88. The van der Waals surface area contributed by atoms with Crippen molar-refractivity contribution in [3.8, 4) is 22.5 Å². The van der Waals surface area contributed by atoms with Crippen LogP contribution < -0.4 is 9.62 Å². The molecular formula is C26H32N4O3S. The zero-order chi connectivity index (χ0) is 24.3. The normalized spacial score (nSPS) is 11.9. The van der Waals surface area contributed by atoms with E-state index >= 15 is 0 Å². The number of carbonyl (C=O) groups is 1. The predicted molar refractivity (Wildman–Crippen MR) is 138 cm³/mol. The molecule has 3 aromatic rings. The minimum atomic E-state index is -1.37. The summed E-state index contributed by atoms with van der Waals surface area (Å²) in [5.41, 5.74) is 3.78. The van der Waals surface area contributed by atoms with Crippen molar-refractivity contribution in [3.05, 3.63) is 66.9 Å². The maximum atomic E-state index is 11.5. The Bertz CT molecular complexity index is 1030. The van der Waals surface area contributed by atoms with Crippen LogP contribution in [0.5, 0.6) is 0 Å². The van der Waals surface area contributed by atoms with Crippen molar-refractivity contribution in [2.75, 3.05) is 30.9 Å². The molecule has 1 N–H and O–H groups in total. The summed E-state index contributed by atoms with van der Waals surface area (Å²) in [6.45, 7) is 5.45. The molecule has 8 heteroatoms. The number of aromatic nitrogens is 2. The van der Waals surface area contributed by atoms with E-state index in [-0.39, 0.29) is 18.6 Å². The highest BCUT2D eigenvalue weighted by atomic mass is 32.2. The summed E-state index contributed by atoms with van der Waals surface area (Å²) in [7, 11) is 0. The van der Waals surface area contributed by atoms with E-state index in [1.807, 2.05) is 42.6 Å². The first kappa shape index (κ1) is 25.7. The Morgan fingerprint density at radius 1 is 1.03 bits per heavy atom. The SMILES string of the molecule is CC(C)N(CCCCOCC(=O)N[S+](C)[O-])c1cnc(-c2ccccc2)c(-c2ccccc2)n1. The largest absolute Gasteiger partial charge is 0.593 e. The lowest BCUT2D eigenvalue weighted by Crippen LogP contribution is -2.33. The Morgan fingerprint density at radius 3 is 2.24 bits per heavy atom. The van der Waals surface area contributed by atoms with Crippen molar-refractivity contribution >= 4 is 23.1 Å². The van der Waals surface area contributed by atoms with Gasteiger partial charge in [-0.15, -0.1) is 0 Å². The molecular weight excluding hydrogens is 448 g/mol. The van der Waals surface area contributed by atoms with Crippen LogP contribution >= 0.6 is 0 Å². The summed E-state index contributed by atoms with van der Waals surface area (Å²) < 4.78 is 18.7. The van der Waals surface area contributed by atoms with Gasteiger partial charge in [0.15, 0.2) is 0 Å². The van der Waals surface area contributed by atoms with Crippen LogP contribution in [-0.4, -0.2) is 52.5 Å². The number of nitrogens with one attached hydrogen (secondary N) is 1. The number of unbranched alkanes of at least 4 members (excludes halogenated alkanes) is 1. The number of benzene rings is 2. The number of hydrogen-bond acceptors (Lipinski definition) is 6. The van der Waals surface area contributed by atoms with Crippen LogP contribution in [0.1, 0.15) is 26.7 Å². The zero-order valence-electron chi connectivity index (χ0n) is 19.9. The van der Waals surface area contributed by atoms with Crippen LogP contribution in [0.2, 0.25) is 0 Å². The molecule has 0 spiro atoms. The summed E-state index contributed by atoms with van der Waals surface area (Å²) in [6, 6.07) is 20.5. The van der Waals surface area contributed by atoms with Gasteiger partial charge in [-0.1, -0.05) is 60.7 Å². The number of nitrogens with zero attached hydrogens (tertiary/aromatic N) is 3. The maximum absolute atomic E-state index is 11.5. The fourth-order valence-corrected chi connectivity index (χ4v) is 3.98. The molecule has 0 bridgehead atoms. The second-order valence-electron chi connectivity index (χ2n) is 8.18. The van der Waals surface area contributed by atoms with Gasteiger partial charge in [0.1, 0.15) is 18.7 Å². The highest BCUT2D eigenvalue weighted by molar-refractivity contribution is 7.89. The Balaban J connectivity index is 1.70. The van der Waals surface area contributed by atoms with Gasteiger partial charge in [0, 0.05) is 30.3 Å². The van der Waals surface area contributed by atoms with E-state index in [0.717, 1.165) is 47.7 Å². The van der Waals surface area contributed by atoms with E-state index in [0.29, 0.717) is 6.61 Å². The van der Waals surface area contributed by atoms with Gasteiger partial charge < -0.3 is 14.2 Å². The molecule has 0 radical (unpaired) electrons. The van der Waals surface area contributed by atoms with Gasteiger partial charge in [-0.3, -0.25) is 9.78 Å². The molecule has 1 amide bonds. The Hall–Kier alpha value is -2.94. The van der Waals surface area contributed by atoms with Crippen molar-refractivity contribution in [1.29, 1.82) is 0 Å². The molecule has 3 rings (SSSR count). The van der Waals surface area contributed by atoms with Crippen molar-refractivity contribution in [2.45, 2.75) is 32.7 Å². The standard InChI is InChI=1S/C26H32N4O3S/c1-20(2)30(16-10-11-17-33-19-24(31)29-34(3)32)23-18-27-25(21-12-6-4-7-13-21)26(28-23)22-14-8-5-9-15-22/h4-9,12-15,18,20H,10-11,16-17,19H2,1-3H3,(H,29,31). The van der Waals surface area contributed by atoms with Gasteiger partial charge in [0.05, 0.1) is 28.9 Å². The third-order valence-corrected chi connectivity index (χ3v) is 5.72. The third-order valence-electron chi connectivity index (χ3n) is 5.20. The van der Waals surface area contributed by atoms with Gasteiger partial charge in [0.25, 0.3) is 5.91 Å². The van der Waals surface area contributed by atoms with Gasteiger partial charge in [-0.2, -0.15) is 4.72 Å². The third kappa shape index (κ3) is 7.55. The molecule has 0 saturated heterocycles.